The molecule has 18 heavy (non-hydrogen) atoms. The van der Waals surface area contributed by atoms with E-state index in [4.69, 9.17) is 9.47 Å². The van der Waals surface area contributed by atoms with Crippen LogP contribution in [0.5, 0.6) is 11.5 Å². The number of hydrogen-bond acceptors (Lipinski definition) is 3. The van der Waals surface area contributed by atoms with Crippen LogP contribution in [0.15, 0.2) is 18.2 Å². The summed E-state index contributed by atoms with van der Waals surface area (Å²) in [6.45, 7) is 5.65. The van der Waals surface area contributed by atoms with Gasteiger partial charge in [0.2, 0.25) is 0 Å². The van der Waals surface area contributed by atoms with Crippen molar-refractivity contribution >= 4 is 0 Å². The van der Waals surface area contributed by atoms with Gasteiger partial charge in [-0.15, -0.1) is 0 Å². The van der Waals surface area contributed by atoms with Crippen LogP contribution in [0, 0.1) is 5.41 Å². The quantitative estimate of drug-likeness (QED) is 0.868. The highest BCUT2D eigenvalue weighted by Gasteiger charge is 2.39. The number of fused-ring (bicyclic) bond motifs is 1. The minimum absolute atomic E-state index is 0.605. The summed E-state index contributed by atoms with van der Waals surface area (Å²) >= 11 is 0. The average Bonchev–Trinajstić information content (AvgIpc) is 3.19. The van der Waals surface area contributed by atoms with Gasteiger partial charge in [-0.25, -0.2) is 0 Å². The van der Waals surface area contributed by atoms with E-state index in [0.29, 0.717) is 18.6 Å². The second-order valence-corrected chi connectivity index (χ2v) is 5.44. The normalized spacial score (nSPS) is 19.6. The van der Waals surface area contributed by atoms with Gasteiger partial charge >= 0.3 is 0 Å². The SMILES string of the molecule is CCC1(CNCc2ccc3c(c2)OCCO3)CC1. The standard InChI is InChI=1S/C15H21NO2/c1-2-15(5-6-15)11-16-10-12-3-4-13-14(9-12)18-8-7-17-13/h3-4,9,16H,2,5-8,10-11H2,1H3. The maximum atomic E-state index is 5.59. The van der Waals surface area contributed by atoms with Gasteiger partial charge in [0.05, 0.1) is 0 Å². The zero-order valence-corrected chi connectivity index (χ0v) is 11.0. The molecule has 0 amide bonds. The fraction of sp³-hybridized carbons (Fsp3) is 0.600. The monoisotopic (exact) mass is 247 g/mol. The largest absolute Gasteiger partial charge is 0.486 e. The summed E-state index contributed by atoms with van der Waals surface area (Å²) in [5.74, 6) is 1.76. The van der Waals surface area contributed by atoms with Crippen molar-refractivity contribution in [3.05, 3.63) is 23.8 Å². The smallest absolute Gasteiger partial charge is 0.161 e. The van der Waals surface area contributed by atoms with E-state index < -0.39 is 0 Å². The third kappa shape index (κ3) is 2.46. The minimum Gasteiger partial charge on any atom is -0.486 e. The van der Waals surface area contributed by atoms with Crippen molar-refractivity contribution < 1.29 is 9.47 Å². The molecule has 0 unspecified atom stereocenters. The van der Waals surface area contributed by atoms with Crippen molar-refractivity contribution in [1.29, 1.82) is 0 Å². The van der Waals surface area contributed by atoms with Crippen molar-refractivity contribution in [3.8, 4) is 11.5 Å². The maximum absolute atomic E-state index is 5.59. The van der Waals surface area contributed by atoms with E-state index >= 15 is 0 Å². The first kappa shape index (κ1) is 11.8. The average molecular weight is 247 g/mol. The zero-order chi connectivity index (χ0) is 12.4. The summed E-state index contributed by atoms with van der Waals surface area (Å²) in [6.07, 6.45) is 4.07. The fourth-order valence-electron chi connectivity index (χ4n) is 2.50. The highest BCUT2D eigenvalue weighted by Crippen LogP contribution is 2.47. The summed E-state index contributed by atoms with van der Waals surface area (Å²) in [4.78, 5) is 0. The molecule has 1 aromatic rings. The zero-order valence-electron chi connectivity index (χ0n) is 11.0. The second-order valence-electron chi connectivity index (χ2n) is 5.44. The molecule has 1 aliphatic heterocycles. The van der Waals surface area contributed by atoms with Crippen molar-refractivity contribution in [1.82, 2.24) is 5.32 Å². The molecule has 1 aliphatic carbocycles. The Morgan fingerprint density at radius 1 is 1.17 bits per heavy atom. The summed E-state index contributed by atoms with van der Waals surface area (Å²) in [7, 11) is 0. The van der Waals surface area contributed by atoms with E-state index in [9.17, 15) is 0 Å². The van der Waals surface area contributed by atoms with E-state index in [1.807, 2.05) is 6.07 Å². The van der Waals surface area contributed by atoms with Crippen LogP contribution in [0.2, 0.25) is 0 Å². The van der Waals surface area contributed by atoms with Gasteiger partial charge in [-0.1, -0.05) is 13.0 Å². The number of hydrogen-bond donors (Lipinski definition) is 1. The lowest BCUT2D eigenvalue weighted by atomic mass is 10.0. The predicted octanol–water partition coefficient (Wildman–Crippen LogP) is 2.74. The van der Waals surface area contributed by atoms with E-state index in [0.717, 1.165) is 24.6 Å². The van der Waals surface area contributed by atoms with Crippen molar-refractivity contribution in [2.24, 2.45) is 5.41 Å². The van der Waals surface area contributed by atoms with Gasteiger partial charge in [-0.3, -0.25) is 0 Å². The van der Waals surface area contributed by atoms with Crippen LogP contribution in [0.1, 0.15) is 31.7 Å². The Labute approximate surface area is 108 Å². The molecule has 2 aliphatic rings. The molecule has 0 spiro atoms. The van der Waals surface area contributed by atoms with Gasteiger partial charge in [-0.2, -0.15) is 0 Å². The molecule has 3 rings (SSSR count). The molecule has 3 heteroatoms. The first-order chi connectivity index (χ1) is 8.81. The molecule has 1 fully saturated rings. The van der Waals surface area contributed by atoms with Crippen molar-refractivity contribution in [2.75, 3.05) is 19.8 Å². The highest BCUT2D eigenvalue weighted by atomic mass is 16.6. The van der Waals surface area contributed by atoms with Gasteiger partial charge in [0.25, 0.3) is 0 Å². The first-order valence-corrected chi connectivity index (χ1v) is 6.91. The molecular weight excluding hydrogens is 226 g/mol. The van der Waals surface area contributed by atoms with E-state index in [2.05, 4.69) is 24.4 Å². The minimum atomic E-state index is 0.605. The van der Waals surface area contributed by atoms with Crippen LogP contribution >= 0.6 is 0 Å². The first-order valence-electron chi connectivity index (χ1n) is 6.91. The van der Waals surface area contributed by atoms with Crippen molar-refractivity contribution in [2.45, 2.75) is 32.7 Å². The number of benzene rings is 1. The Morgan fingerprint density at radius 3 is 2.67 bits per heavy atom. The lowest BCUT2D eigenvalue weighted by Crippen LogP contribution is -2.23. The van der Waals surface area contributed by atoms with Crippen LogP contribution in [-0.4, -0.2) is 19.8 Å². The predicted molar refractivity (Wildman–Crippen MR) is 71.1 cm³/mol. The number of ether oxygens (including phenoxy) is 2. The fourth-order valence-corrected chi connectivity index (χ4v) is 2.50. The van der Waals surface area contributed by atoms with Gasteiger partial charge in [0.15, 0.2) is 11.5 Å². The third-order valence-electron chi connectivity index (χ3n) is 4.14. The van der Waals surface area contributed by atoms with E-state index in [-0.39, 0.29) is 0 Å². The Morgan fingerprint density at radius 2 is 1.94 bits per heavy atom. The van der Waals surface area contributed by atoms with Crippen LogP contribution in [0.3, 0.4) is 0 Å². The topological polar surface area (TPSA) is 30.5 Å². The molecule has 1 heterocycles. The van der Waals surface area contributed by atoms with Crippen LogP contribution in [0.4, 0.5) is 0 Å². The summed E-state index contributed by atoms with van der Waals surface area (Å²) in [6, 6.07) is 6.22. The Hall–Kier alpha value is -1.22. The second kappa shape index (κ2) is 4.81. The van der Waals surface area contributed by atoms with Crippen LogP contribution in [0.25, 0.3) is 0 Å². The van der Waals surface area contributed by atoms with E-state index in [1.54, 1.807) is 0 Å². The highest BCUT2D eigenvalue weighted by molar-refractivity contribution is 5.43. The van der Waals surface area contributed by atoms with Gasteiger partial charge in [0, 0.05) is 13.1 Å². The number of rotatable bonds is 5. The Balaban J connectivity index is 1.56. The molecule has 0 atom stereocenters. The summed E-state index contributed by atoms with van der Waals surface area (Å²) in [5.41, 5.74) is 1.87. The Bertz CT molecular complexity index is 427. The maximum Gasteiger partial charge on any atom is 0.161 e. The van der Waals surface area contributed by atoms with Gasteiger partial charge in [-0.05, 0) is 42.4 Å². The Kier molecular flexibility index (Phi) is 3.16. The van der Waals surface area contributed by atoms with Gasteiger partial charge < -0.3 is 14.8 Å². The molecule has 0 radical (unpaired) electrons. The molecule has 0 aromatic heterocycles. The molecule has 0 saturated heterocycles. The molecular formula is C15H21NO2. The summed E-state index contributed by atoms with van der Waals surface area (Å²) in [5, 5.41) is 3.57. The third-order valence-corrected chi connectivity index (χ3v) is 4.14. The lowest BCUT2D eigenvalue weighted by molar-refractivity contribution is 0.171. The lowest BCUT2D eigenvalue weighted by Gasteiger charge is -2.19. The van der Waals surface area contributed by atoms with Gasteiger partial charge in [0.1, 0.15) is 13.2 Å². The number of nitrogens with one attached hydrogen (secondary N) is 1. The van der Waals surface area contributed by atoms with Crippen LogP contribution < -0.4 is 14.8 Å². The van der Waals surface area contributed by atoms with Crippen LogP contribution in [-0.2, 0) is 6.54 Å². The van der Waals surface area contributed by atoms with E-state index in [1.165, 1.54) is 24.8 Å². The molecule has 1 aromatic carbocycles. The van der Waals surface area contributed by atoms with Crippen molar-refractivity contribution in [3.63, 3.8) is 0 Å². The molecule has 0 bridgehead atoms. The summed E-state index contributed by atoms with van der Waals surface area (Å²) < 4.78 is 11.1. The molecule has 3 nitrogen and oxygen atoms in total. The molecule has 1 N–H and O–H groups in total. The molecule has 1 saturated carbocycles. The molecule has 98 valence electrons.